The zero-order chi connectivity index (χ0) is 22.0. The molecule has 31 heavy (non-hydrogen) atoms. The number of carbonyl (C=O) groups is 1. The Morgan fingerprint density at radius 3 is 2.13 bits per heavy atom. The van der Waals surface area contributed by atoms with Crippen LogP contribution in [0, 0.1) is 0 Å². The Bertz CT molecular complexity index is 1090. The summed E-state index contributed by atoms with van der Waals surface area (Å²) in [6.45, 7) is 0. The van der Waals surface area contributed by atoms with E-state index in [9.17, 15) is 9.00 Å². The van der Waals surface area contributed by atoms with Crippen molar-refractivity contribution in [2.75, 3.05) is 25.1 Å². The van der Waals surface area contributed by atoms with Crippen LogP contribution in [0.25, 0.3) is 11.1 Å². The Morgan fingerprint density at radius 1 is 1.00 bits per heavy atom. The highest BCUT2D eigenvalue weighted by Crippen LogP contribution is 2.45. The molecule has 7 nitrogen and oxygen atoms in total. The molecule has 0 aliphatic heterocycles. The zero-order valence-corrected chi connectivity index (χ0v) is 18.4. The lowest BCUT2D eigenvalue weighted by Gasteiger charge is -2.40. The second-order valence-electron chi connectivity index (χ2n) is 7.88. The summed E-state index contributed by atoms with van der Waals surface area (Å²) in [5, 5.41) is 3.05. The normalized spacial score (nSPS) is 15.8. The Balaban J connectivity index is 1.51. The lowest BCUT2D eigenvalue weighted by Crippen LogP contribution is -2.46. The Morgan fingerprint density at radius 2 is 1.61 bits per heavy atom. The predicted octanol–water partition coefficient (Wildman–Crippen LogP) is 3.37. The van der Waals surface area contributed by atoms with Crippen molar-refractivity contribution in [3.05, 3.63) is 66.5 Å². The van der Waals surface area contributed by atoms with Gasteiger partial charge >= 0.3 is 0 Å². The molecule has 1 atom stereocenters. The fraction of sp³-hybridized carbons (Fsp3) is 0.261. The van der Waals surface area contributed by atoms with Crippen LogP contribution in [-0.2, 0) is 21.2 Å². The van der Waals surface area contributed by atoms with Crippen LogP contribution in [0.5, 0.6) is 0 Å². The Kier molecular flexibility index (Phi) is 5.84. The third-order valence-electron chi connectivity index (χ3n) is 5.73. The number of rotatable bonds is 6. The van der Waals surface area contributed by atoms with E-state index in [1.807, 2.05) is 24.3 Å². The van der Waals surface area contributed by atoms with E-state index >= 15 is 0 Å². The molecule has 3 N–H and O–H groups in total. The highest BCUT2D eigenvalue weighted by Gasteiger charge is 2.45. The summed E-state index contributed by atoms with van der Waals surface area (Å²) >= 11 is 0. The number of aromatic nitrogens is 2. The van der Waals surface area contributed by atoms with Gasteiger partial charge in [0, 0.05) is 23.6 Å². The molecule has 1 fully saturated rings. The van der Waals surface area contributed by atoms with Crippen LogP contribution >= 0.6 is 0 Å². The maximum absolute atomic E-state index is 13.2. The van der Waals surface area contributed by atoms with Gasteiger partial charge in [-0.05, 0) is 62.3 Å². The number of nitrogen functional groups attached to an aromatic ring is 1. The molecule has 1 heterocycles. The third kappa shape index (κ3) is 4.22. The van der Waals surface area contributed by atoms with Crippen LogP contribution in [0.1, 0.15) is 24.8 Å². The molecule has 0 radical (unpaired) electrons. The number of nitrogens with one attached hydrogen (secondary N) is 1. The Labute approximate surface area is 184 Å². The average molecular weight is 436 g/mol. The van der Waals surface area contributed by atoms with Gasteiger partial charge in [0.15, 0.2) is 0 Å². The fourth-order valence-corrected chi connectivity index (χ4v) is 4.55. The first-order valence-electron chi connectivity index (χ1n) is 10.1. The molecule has 0 spiro atoms. The van der Waals surface area contributed by atoms with E-state index in [1.54, 1.807) is 55.1 Å². The van der Waals surface area contributed by atoms with Gasteiger partial charge in [0.2, 0.25) is 11.9 Å². The van der Waals surface area contributed by atoms with Crippen LogP contribution in [0.2, 0.25) is 0 Å². The maximum Gasteiger partial charge on any atom is 0.235 e. The molecule has 8 heteroatoms. The first-order valence-corrected chi connectivity index (χ1v) is 11.2. The van der Waals surface area contributed by atoms with Crippen LogP contribution in [0.4, 0.5) is 11.6 Å². The van der Waals surface area contributed by atoms with Crippen LogP contribution in [-0.4, -0.2) is 38.5 Å². The molecule has 0 saturated heterocycles. The summed E-state index contributed by atoms with van der Waals surface area (Å²) in [6.07, 6.45) is 6.02. The van der Waals surface area contributed by atoms with Gasteiger partial charge in [-0.3, -0.25) is 4.79 Å². The smallest absolute Gasteiger partial charge is 0.235 e. The van der Waals surface area contributed by atoms with E-state index in [0.717, 1.165) is 36.0 Å². The number of amides is 1. The van der Waals surface area contributed by atoms with Gasteiger partial charge in [0.1, 0.15) is 11.0 Å². The van der Waals surface area contributed by atoms with Crippen molar-refractivity contribution in [1.29, 1.82) is 0 Å². The number of benzene rings is 2. The van der Waals surface area contributed by atoms with Gasteiger partial charge in [-0.15, -0.1) is 0 Å². The van der Waals surface area contributed by atoms with Gasteiger partial charge in [-0.1, -0.05) is 30.7 Å². The van der Waals surface area contributed by atoms with Crippen molar-refractivity contribution in [3.8, 4) is 11.1 Å². The number of hydrogen-bond acceptors (Lipinski definition) is 5. The quantitative estimate of drug-likeness (QED) is 0.618. The molecule has 3 aromatic rings. The molecule has 4 rings (SSSR count). The number of hydrogen-bond donors (Lipinski definition) is 2. The summed E-state index contributed by atoms with van der Waals surface area (Å²) in [4.78, 5) is 22.0. The van der Waals surface area contributed by atoms with Crippen LogP contribution in [0.15, 0.2) is 65.8 Å². The van der Waals surface area contributed by atoms with E-state index in [1.165, 1.54) is 0 Å². The average Bonchev–Trinajstić information content (AvgIpc) is 2.74. The maximum atomic E-state index is 13.2. The Hall–Kier alpha value is -3.10. The van der Waals surface area contributed by atoms with E-state index in [0.29, 0.717) is 10.6 Å². The molecule has 1 aromatic heterocycles. The van der Waals surface area contributed by atoms with Gasteiger partial charge < -0.3 is 11.1 Å². The summed E-state index contributed by atoms with van der Waals surface area (Å²) in [5.74, 6) is 0.232. The summed E-state index contributed by atoms with van der Waals surface area (Å²) in [7, 11) is 2.32. The van der Waals surface area contributed by atoms with Gasteiger partial charge in [0.25, 0.3) is 0 Å². The molecule has 1 saturated carbocycles. The second kappa shape index (κ2) is 8.56. The predicted molar refractivity (Wildman–Crippen MR) is 123 cm³/mol. The minimum atomic E-state index is -1.21. The van der Waals surface area contributed by atoms with Crippen molar-refractivity contribution in [2.45, 2.75) is 29.6 Å². The molecule has 1 aliphatic rings. The van der Waals surface area contributed by atoms with Crippen molar-refractivity contribution in [3.63, 3.8) is 0 Å². The zero-order valence-electron chi connectivity index (χ0n) is 17.5. The van der Waals surface area contributed by atoms with Gasteiger partial charge in [-0.25, -0.2) is 18.5 Å². The number of anilines is 2. The highest BCUT2D eigenvalue weighted by atomic mass is 32.2. The molecule has 1 amide bonds. The van der Waals surface area contributed by atoms with Crippen LogP contribution in [0.3, 0.4) is 0 Å². The van der Waals surface area contributed by atoms with E-state index in [4.69, 9.17) is 5.73 Å². The first-order chi connectivity index (χ1) is 14.9. The SMILES string of the molecule is CN(C)S(=O)c1ccc(NC(=O)C2(c3ccc(-c4cnc(N)nc4)cc3)CCC2)cc1. The molecule has 1 unspecified atom stereocenters. The number of carbonyl (C=O) groups excluding carboxylic acids is 1. The summed E-state index contributed by atoms with van der Waals surface area (Å²) < 4.78 is 13.8. The minimum absolute atomic E-state index is 0.0104. The minimum Gasteiger partial charge on any atom is -0.368 e. The molecular formula is C23H25N5O2S. The third-order valence-corrected chi connectivity index (χ3v) is 7.07. The van der Waals surface area contributed by atoms with Crippen molar-refractivity contribution < 1.29 is 9.00 Å². The summed E-state index contributed by atoms with van der Waals surface area (Å²) in [5.41, 5.74) is 8.59. The van der Waals surface area contributed by atoms with E-state index in [-0.39, 0.29) is 11.9 Å². The monoisotopic (exact) mass is 435 g/mol. The number of nitrogens with zero attached hydrogens (tertiary/aromatic N) is 3. The van der Waals surface area contributed by atoms with Gasteiger partial charge in [-0.2, -0.15) is 0 Å². The summed E-state index contributed by atoms with van der Waals surface area (Å²) in [6, 6.07) is 15.1. The molecule has 0 bridgehead atoms. The molecule has 1 aliphatic carbocycles. The standard InChI is InChI=1S/C23H25N5O2S/c1-28(2)31(30)20-10-8-19(9-11-20)27-21(29)23(12-3-13-23)18-6-4-16(5-7-18)17-14-25-22(24)26-15-17/h4-11,14-15H,3,12-13H2,1-2H3,(H,27,29)(H2,24,25,26). The fourth-order valence-electron chi connectivity index (χ4n) is 3.76. The van der Waals surface area contributed by atoms with Crippen molar-refractivity contribution >= 4 is 28.5 Å². The second-order valence-corrected chi connectivity index (χ2v) is 9.58. The number of nitrogens with two attached hydrogens (primary N) is 1. The topological polar surface area (TPSA) is 101 Å². The highest BCUT2D eigenvalue weighted by molar-refractivity contribution is 7.82. The van der Waals surface area contributed by atoms with Gasteiger partial charge in [0.05, 0.1) is 10.3 Å². The molecule has 160 valence electrons. The first kappa shape index (κ1) is 21.1. The molecular weight excluding hydrogens is 410 g/mol. The van der Waals surface area contributed by atoms with E-state index < -0.39 is 16.4 Å². The lowest BCUT2D eigenvalue weighted by molar-refractivity contribution is -0.124. The largest absolute Gasteiger partial charge is 0.368 e. The lowest BCUT2D eigenvalue weighted by atomic mass is 9.63. The molecule has 2 aromatic carbocycles. The van der Waals surface area contributed by atoms with Crippen molar-refractivity contribution in [2.24, 2.45) is 0 Å². The van der Waals surface area contributed by atoms with Crippen molar-refractivity contribution in [1.82, 2.24) is 14.3 Å². The van der Waals surface area contributed by atoms with Crippen LogP contribution < -0.4 is 11.1 Å². The van der Waals surface area contributed by atoms with E-state index in [2.05, 4.69) is 15.3 Å².